The maximum Gasteiger partial charge on any atom is 0.407 e. The zero-order valence-corrected chi connectivity index (χ0v) is 19.2. The first-order valence-corrected chi connectivity index (χ1v) is 11.5. The van der Waals surface area contributed by atoms with Gasteiger partial charge in [0.1, 0.15) is 6.61 Å². The first-order valence-electron chi connectivity index (χ1n) is 11.5. The van der Waals surface area contributed by atoms with E-state index < -0.39 is 12.1 Å². The molecule has 2 aromatic carbocycles. The van der Waals surface area contributed by atoms with Crippen LogP contribution in [0, 0.1) is 5.92 Å². The Bertz CT molecular complexity index is 945. The molecule has 0 saturated heterocycles. The third-order valence-electron chi connectivity index (χ3n) is 5.91. The molecule has 0 aliphatic heterocycles. The van der Waals surface area contributed by atoms with Crippen LogP contribution >= 0.6 is 0 Å². The van der Waals surface area contributed by atoms with Crippen molar-refractivity contribution in [3.05, 3.63) is 59.7 Å². The van der Waals surface area contributed by atoms with E-state index in [-0.39, 0.29) is 49.8 Å². The zero-order valence-electron chi connectivity index (χ0n) is 19.2. The van der Waals surface area contributed by atoms with Gasteiger partial charge in [0, 0.05) is 31.3 Å². The van der Waals surface area contributed by atoms with Gasteiger partial charge >= 0.3 is 12.1 Å². The van der Waals surface area contributed by atoms with Crippen molar-refractivity contribution in [3.63, 3.8) is 0 Å². The molecule has 7 heteroatoms. The van der Waals surface area contributed by atoms with Crippen LogP contribution in [0.1, 0.15) is 56.6 Å². The number of amides is 2. The summed E-state index contributed by atoms with van der Waals surface area (Å²) in [6.07, 6.45) is 1.02. The van der Waals surface area contributed by atoms with E-state index in [4.69, 9.17) is 9.84 Å². The maximum atomic E-state index is 12.5. The van der Waals surface area contributed by atoms with Crippen molar-refractivity contribution in [3.8, 4) is 11.1 Å². The summed E-state index contributed by atoms with van der Waals surface area (Å²) in [5.74, 6) is -1.29. The normalized spacial score (nSPS) is 14.0. The molecule has 0 radical (unpaired) electrons. The fourth-order valence-electron chi connectivity index (χ4n) is 4.33. The van der Waals surface area contributed by atoms with Crippen LogP contribution in [-0.2, 0) is 14.3 Å². The van der Waals surface area contributed by atoms with Gasteiger partial charge in [-0.3, -0.25) is 9.59 Å². The van der Waals surface area contributed by atoms with Crippen LogP contribution in [0.25, 0.3) is 11.1 Å². The average Bonchev–Trinajstić information content (AvgIpc) is 3.10. The third kappa shape index (κ3) is 6.57. The number of carboxylic acid groups (broad SMARTS) is 1. The van der Waals surface area contributed by atoms with E-state index in [0.717, 1.165) is 17.5 Å². The number of nitrogens with one attached hydrogen (secondary N) is 2. The molecule has 0 fully saturated rings. The zero-order chi connectivity index (χ0) is 23.8. The summed E-state index contributed by atoms with van der Waals surface area (Å²) < 4.78 is 5.59. The van der Waals surface area contributed by atoms with Gasteiger partial charge in [0.05, 0.1) is 0 Å². The van der Waals surface area contributed by atoms with Gasteiger partial charge in [-0.1, -0.05) is 68.8 Å². The number of carboxylic acids is 1. The minimum atomic E-state index is -0.891. The molecule has 0 heterocycles. The van der Waals surface area contributed by atoms with Gasteiger partial charge in [0.2, 0.25) is 5.91 Å². The second-order valence-corrected chi connectivity index (χ2v) is 8.67. The van der Waals surface area contributed by atoms with E-state index in [9.17, 15) is 14.4 Å². The number of hydrogen-bond acceptors (Lipinski definition) is 4. The van der Waals surface area contributed by atoms with Crippen LogP contribution in [0.2, 0.25) is 0 Å². The summed E-state index contributed by atoms with van der Waals surface area (Å²) >= 11 is 0. The SMILES string of the molecule is CCCC(CC(=O)NCC(C)CC(=O)O)NC(=O)OCC1c2ccccc2-c2ccccc21. The number of benzene rings is 2. The van der Waals surface area contributed by atoms with Crippen molar-refractivity contribution in [1.29, 1.82) is 0 Å². The molecular weight excluding hydrogens is 420 g/mol. The smallest absolute Gasteiger partial charge is 0.407 e. The van der Waals surface area contributed by atoms with E-state index in [2.05, 4.69) is 34.9 Å². The van der Waals surface area contributed by atoms with Gasteiger partial charge in [0.15, 0.2) is 0 Å². The first-order chi connectivity index (χ1) is 15.9. The molecule has 1 aliphatic carbocycles. The highest BCUT2D eigenvalue weighted by Crippen LogP contribution is 2.44. The molecule has 0 spiro atoms. The number of carbonyl (C=O) groups is 3. The fourth-order valence-corrected chi connectivity index (χ4v) is 4.33. The number of aliphatic carboxylic acids is 1. The molecule has 2 aromatic rings. The van der Waals surface area contributed by atoms with Crippen LogP contribution in [-0.4, -0.2) is 42.3 Å². The second-order valence-electron chi connectivity index (χ2n) is 8.67. The van der Waals surface area contributed by atoms with Gasteiger partial charge < -0.3 is 20.5 Å². The van der Waals surface area contributed by atoms with Gasteiger partial charge in [-0.2, -0.15) is 0 Å². The summed E-state index contributed by atoms with van der Waals surface area (Å²) in [5, 5.41) is 14.4. The van der Waals surface area contributed by atoms with Crippen LogP contribution in [0.5, 0.6) is 0 Å². The van der Waals surface area contributed by atoms with Gasteiger partial charge in [-0.15, -0.1) is 0 Å². The van der Waals surface area contributed by atoms with Crippen molar-refractivity contribution in [2.24, 2.45) is 5.92 Å². The van der Waals surface area contributed by atoms with Gasteiger partial charge in [-0.25, -0.2) is 4.79 Å². The van der Waals surface area contributed by atoms with Crippen molar-refractivity contribution in [2.45, 2.75) is 51.5 Å². The lowest BCUT2D eigenvalue weighted by Gasteiger charge is -2.20. The topological polar surface area (TPSA) is 105 Å². The molecule has 2 atom stereocenters. The molecule has 176 valence electrons. The van der Waals surface area contributed by atoms with Gasteiger partial charge in [-0.05, 0) is 34.6 Å². The average molecular weight is 453 g/mol. The van der Waals surface area contributed by atoms with E-state index in [0.29, 0.717) is 6.42 Å². The van der Waals surface area contributed by atoms with Gasteiger partial charge in [0.25, 0.3) is 0 Å². The van der Waals surface area contributed by atoms with E-state index in [1.165, 1.54) is 11.1 Å². The van der Waals surface area contributed by atoms with E-state index >= 15 is 0 Å². The minimum Gasteiger partial charge on any atom is -0.481 e. The number of fused-ring (bicyclic) bond motifs is 3. The Hall–Kier alpha value is -3.35. The van der Waals surface area contributed by atoms with E-state index in [1.807, 2.05) is 31.2 Å². The summed E-state index contributed by atoms with van der Waals surface area (Å²) in [7, 11) is 0. The lowest BCUT2D eigenvalue weighted by molar-refractivity contribution is -0.138. The Labute approximate surface area is 194 Å². The molecule has 0 bridgehead atoms. The Morgan fingerprint density at radius 3 is 2.18 bits per heavy atom. The molecule has 3 N–H and O–H groups in total. The predicted octanol–water partition coefficient (Wildman–Crippen LogP) is 4.31. The van der Waals surface area contributed by atoms with Crippen LogP contribution in [0.15, 0.2) is 48.5 Å². The fraction of sp³-hybridized carbons (Fsp3) is 0.423. The summed E-state index contributed by atoms with van der Waals surface area (Å²) in [6, 6.07) is 16.0. The highest BCUT2D eigenvalue weighted by molar-refractivity contribution is 5.79. The summed E-state index contributed by atoms with van der Waals surface area (Å²) in [4.78, 5) is 35.6. The minimum absolute atomic E-state index is 0.00331. The Kier molecular flexibility index (Phi) is 8.46. The summed E-state index contributed by atoms with van der Waals surface area (Å²) in [5.41, 5.74) is 4.62. The number of hydrogen-bond donors (Lipinski definition) is 3. The Balaban J connectivity index is 1.53. The Morgan fingerprint density at radius 2 is 1.61 bits per heavy atom. The highest BCUT2D eigenvalue weighted by Gasteiger charge is 2.29. The lowest BCUT2D eigenvalue weighted by atomic mass is 9.98. The molecule has 33 heavy (non-hydrogen) atoms. The Morgan fingerprint density at radius 1 is 1.00 bits per heavy atom. The molecule has 0 aromatic heterocycles. The number of ether oxygens (including phenoxy) is 1. The quantitative estimate of drug-likeness (QED) is 0.471. The molecule has 0 saturated carbocycles. The lowest BCUT2D eigenvalue weighted by Crippen LogP contribution is -2.40. The number of alkyl carbamates (subject to hydrolysis) is 1. The van der Waals surface area contributed by atoms with Crippen molar-refractivity contribution < 1.29 is 24.2 Å². The van der Waals surface area contributed by atoms with Crippen molar-refractivity contribution in [2.75, 3.05) is 13.2 Å². The number of carbonyl (C=O) groups excluding carboxylic acids is 2. The molecule has 2 unspecified atom stereocenters. The molecule has 7 nitrogen and oxygen atoms in total. The van der Waals surface area contributed by atoms with Crippen LogP contribution < -0.4 is 10.6 Å². The van der Waals surface area contributed by atoms with E-state index in [1.54, 1.807) is 6.92 Å². The predicted molar refractivity (Wildman–Crippen MR) is 126 cm³/mol. The summed E-state index contributed by atoms with van der Waals surface area (Å²) in [6.45, 7) is 4.26. The molecular formula is C26H32N2O5. The number of rotatable bonds is 11. The van der Waals surface area contributed by atoms with Crippen molar-refractivity contribution >= 4 is 18.0 Å². The van der Waals surface area contributed by atoms with Crippen LogP contribution in [0.4, 0.5) is 4.79 Å². The third-order valence-corrected chi connectivity index (χ3v) is 5.91. The maximum absolute atomic E-state index is 12.5. The van der Waals surface area contributed by atoms with Crippen LogP contribution in [0.3, 0.4) is 0 Å². The molecule has 3 rings (SSSR count). The first kappa shape index (κ1) is 24.3. The standard InChI is InChI=1S/C26H32N2O5/c1-3-8-18(14-24(29)27-15-17(2)13-25(30)31)28-26(32)33-16-23-21-11-6-4-9-19(21)20-10-5-7-12-22(20)23/h4-7,9-12,17-18,23H,3,8,13-16H2,1-2H3,(H,27,29)(H,28,32)(H,30,31). The second kappa shape index (κ2) is 11.5. The molecule has 1 aliphatic rings. The monoisotopic (exact) mass is 452 g/mol. The van der Waals surface area contributed by atoms with Crippen molar-refractivity contribution in [1.82, 2.24) is 10.6 Å². The largest absolute Gasteiger partial charge is 0.481 e. The highest BCUT2D eigenvalue weighted by atomic mass is 16.5. The molecule has 2 amide bonds.